The first-order valence-corrected chi connectivity index (χ1v) is 6.03. The molecule has 4 heteroatoms. The summed E-state index contributed by atoms with van der Waals surface area (Å²) in [7, 11) is 0. The van der Waals surface area contributed by atoms with Crippen LogP contribution in [-0.4, -0.2) is 5.11 Å². The summed E-state index contributed by atoms with van der Waals surface area (Å²) in [5.41, 5.74) is 2.18. The van der Waals surface area contributed by atoms with Gasteiger partial charge in [-0.2, -0.15) is 0 Å². The molecule has 2 nitrogen and oxygen atoms in total. The smallest absolute Gasteiger partial charge is 0.163 e. The summed E-state index contributed by atoms with van der Waals surface area (Å²) in [5, 5.41) is 12.0. The second kappa shape index (κ2) is 6.41. The van der Waals surface area contributed by atoms with Gasteiger partial charge in [-0.3, -0.25) is 0 Å². The molecule has 0 aliphatic heterocycles. The van der Waals surface area contributed by atoms with Crippen LogP contribution in [0.1, 0.15) is 16.7 Å². The van der Waals surface area contributed by atoms with Gasteiger partial charge in [0.25, 0.3) is 0 Å². The molecule has 0 saturated heterocycles. The Hall–Kier alpha value is -1.78. The Morgan fingerprint density at radius 3 is 2.26 bits per heavy atom. The molecule has 0 bridgehead atoms. The van der Waals surface area contributed by atoms with Crippen LogP contribution in [-0.2, 0) is 19.7 Å². The largest absolute Gasteiger partial charge is 0.392 e. The number of aliphatic hydroxyl groups excluding tert-OH is 1. The Morgan fingerprint density at radius 1 is 0.895 bits per heavy atom. The van der Waals surface area contributed by atoms with Crippen LogP contribution in [0.3, 0.4) is 0 Å². The highest BCUT2D eigenvalue weighted by molar-refractivity contribution is 5.22. The van der Waals surface area contributed by atoms with Gasteiger partial charge in [0, 0.05) is 18.7 Å². The van der Waals surface area contributed by atoms with Gasteiger partial charge in [0.05, 0.1) is 6.61 Å². The van der Waals surface area contributed by atoms with Crippen LogP contribution in [0.15, 0.2) is 42.5 Å². The summed E-state index contributed by atoms with van der Waals surface area (Å²) in [4.78, 5) is 0. The van der Waals surface area contributed by atoms with E-state index in [9.17, 15) is 8.78 Å². The van der Waals surface area contributed by atoms with Crippen LogP contribution in [0.5, 0.6) is 0 Å². The van der Waals surface area contributed by atoms with Gasteiger partial charge in [-0.1, -0.05) is 36.4 Å². The van der Waals surface area contributed by atoms with Gasteiger partial charge in [-0.25, -0.2) is 8.78 Å². The minimum atomic E-state index is -0.827. The first kappa shape index (κ1) is 13.6. The maximum Gasteiger partial charge on any atom is 0.163 e. The van der Waals surface area contributed by atoms with E-state index in [4.69, 9.17) is 5.11 Å². The van der Waals surface area contributed by atoms with Gasteiger partial charge in [0.2, 0.25) is 0 Å². The highest BCUT2D eigenvalue weighted by atomic mass is 19.2. The highest BCUT2D eigenvalue weighted by Crippen LogP contribution is 2.11. The zero-order valence-corrected chi connectivity index (χ0v) is 10.4. The van der Waals surface area contributed by atoms with Crippen molar-refractivity contribution in [3.63, 3.8) is 0 Å². The molecular weight excluding hydrogens is 248 g/mol. The Morgan fingerprint density at radius 2 is 1.58 bits per heavy atom. The maximum absolute atomic E-state index is 13.4. The fourth-order valence-electron chi connectivity index (χ4n) is 1.79. The van der Waals surface area contributed by atoms with Crippen molar-refractivity contribution in [1.29, 1.82) is 0 Å². The second-order valence-electron chi connectivity index (χ2n) is 4.29. The Labute approximate surface area is 110 Å². The fourth-order valence-corrected chi connectivity index (χ4v) is 1.79. The SMILES string of the molecule is OCc1ccc(CNCc2cccc(F)c2F)cc1. The molecule has 2 aromatic rings. The van der Waals surface area contributed by atoms with E-state index in [1.165, 1.54) is 6.07 Å². The normalized spacial score (nSPS) is 10.7. The molecule has 0 amide bonds. The van der Waals surface area contributed by atoms with Crippen molar-refractivity contribution < 1.29 is 13.9 Å². The van der Waals surface area contributed by atoms with Crippen molar-refractivity contribution in [2.45, 2.75) is 19.7 Å². The molecule has 0 unspecified atom stereocenters. The molecule has 2 rings (SSSR count). The second-order valence-corrected chi connectivity index (χ2v) is 4.29. The number of aliphatic hydroxyl groups is 1. The topological polar surface area (TPSA) is 32.3 Å². The molecule has 0 atom stereocenters. The lowest BCUT2D eigenvalue weighted by Crippen LogP contribution is -2.14. The lowest BCUT2D eigenvalue weighted by Gasteiger charge is -2.07. The fraction of sp³-hybridized carbons (Fsp3) is 0.200. The Bertz CT molecular complexity index is 540. The van der Waals surface area contributed by atoms with E-state index in [-0.39, 0.29) is 13.2 Å². The third-order valence-electron chi connectivity index (χ3n) is 2.88. The van der Waals surface area contributed by atoms with Crippen LogP contribution in [0.4, 0.5) is 8.78 Å². The molecular formula is C15H15F2NO. The number of benzene rings is 2. The van der Waals surface area contributed by atoms with E-state index in [1.54, 1.807) is 6.07 Å². The Kier molecular flexibility index (Phi) is 4.60. The predicted molar refractivity (Wildman–Crippen MR) is 69.3 cm³/mol. The summed E-state index contributed by atoms with van der Waals surface area (Å²) in [6, 6.07) is 11.6. The number of hydrogen-bond donors (Lipinski definition) is 2. The third-order valence-corrected chi connectivity index (χ3v) is 2.88. The molecule has 0 aliphatic carbocycles. The average molecular weight is 263 g/mol. The van der Waals surface area contributed by atoms with Gasteiger partial charge in [0.1, 0.15) is 0 Å². The van der Waals surface area contributed by atoms with Gasteiger partial charge in [-0.15, -0.1) is 0 Å². The summed E-state index contributed by atoms with van der Waals surface area (Å²) >= 11 is 0. The van der Waals surface area contributed by atoms with Crippen molar-refractivity contribution in [3.05, 3.63) is 70.8 Å². The van der Waals surface area contributed by atoms with Crippen LogP contribution in [0.2, 0.25) is 0 Å². The zero-order chi connectivity index (χ0) is 13.7. The molecule has 2 aromatic carbocycles. The van der Waals surface area contributed by atoms with E-state index in [1.807, 2.05) is 24.3 Å². The Balaban J connectivity index is 1.90. The third kappa shape index (κ3) is 3.59. The summed E-state index contributed by atoms with van der Waals surface area (Å²) in [6.07, 6.45) is 0. The lowest BCUT2D eigenvalue weighted by atomic mass is 10.1. The van der Waals surface area contributed by atoms with Crippen LogP contribution in [0.25, 0.3) is 0 Å². The number of nitrogens with one attached hydrogen (secondary N) is 1. The molecule has 0 radical (unpaired) electrons. The van der Waals surface area contributed by atoms with Crippen LogP contribution >= 0.6 is 0 Å². The van der Waals surface area contributed by atoms with E-state index < -0.39 is 11.6 Å². The molecule has 0 fully saturated rings. The van der Waals surface area contributed by atoms with E-state index in [0.29, 0.717) is 12.1 Å². The maximum atomic E-state index is 13.4. The van der Waals surface area contributed by atoms with Gasteiger partial charge >= 0.3 is 0 Å². The molecule has 100 valence electrons. The van der Waals surface area contributed by atoms with E-state index >= 15 is 0 Å². The van der Waals surface area contributed by atoms with Gasteiger partial charge < -0.3 is 10.4 Å². The quantitative estimate of drug-likeness (QED) is 0.869. The minimum Gasteiger partial charge on any atom is -0.392 e. The standard InChI is InChI=1S/C15H15F2NO/c16-14-3-1-2-13(15(14)17)9-18-8-11-4-6-12(10-19)7-5-11/h1-7,18-19H,8-10H2. The minimum absolute atomic E-state index is 0.0161. The summed E-state index contributed by atoms with van der Waals surface area (Å²) in [6.45, 7) is 0.842. The average Bonchev–Trinajstić information content (AvgIpc) is 2.44. The van der Waals surface area contributed by atoms with Crippen molar-refractivity contribution in [2.75, 3.05) is 0 Å². The lowest BCUT2D eigenvalue weighted by molar-refractivity contribution is 0.282. The van der Waals surface area contributed by atoms with Crippen LogP contribution < -0.4 is 5.32 Å². The van der Waals surface area contributed by atoms with Crippen LogP contribution in [0, 0.1) is 11.6 Å². The number of hydrogen-bond acceptors (Lipinski definition) is 2. The molecule has 2 N–H and O–H groups in total. The van der Waals surface area contributed by atoms with Gasteiger partial charge in [0.15, 0.2) is 11.6 Å². The summed E-state index contributed by atoms with van der Waals surface area (Å²) < 4.78 is 26.4. The molecule has 0 spiro atoms. The molecule has 0 aromatic heterocycles. The predicted octanol–water partition coefficient (Wildman–Crippen LogP) is 2.75. The van der Waals surface area contributed by atoms with E-state index in [0.717, 1.165) is 17.2 Å². The first-order chi connectivity index (χ1) is 9.20. The number of halogens is 2. The van der Waals surface area contributed by atoms with Crippen molar-refractivity contribution >= 4 is 0 Å². The zero-order valence-electron chi connectivity index (χ0n) is 10.4. The van der Waals surface area contributed by atoms with Crippen molar-refractivity contribution in [2.24, 2.45) is 0 Å². The molecule has 0 saturated carbocycles. The van der Waals surface area contributed by atoms with E-state index in [2.05, 4.69) is 5.32 Å². The highest BCUT2D eigenvalue weighted by Gasteiger charge is 2.06. The molecule has 0 heterocycles. The van der Waals surface area contributed by atoms with Crippen molar-refractivity contribution in [1.82, 2.24) is 5.32 Å². The molecule has 19 heavy (non-hydrogen) atoms. The first-order valence-electron chi connectivity index (χ1n) is 6.03. The summed E-state index contributed by atoms with van der Waals surface area (Å²) in [5.74, 6) is -1.63. The number of rotatable bonds is 5. The molecule has 0 aliphatic rings. The van der Waals surface area contributed by atoms with Crippen molar-refractivity contribution in [3.8, 4) is 0 Å². The monoisotopic (exact) mass is 263 g/mol. The van der Waals surface area contributed by atoms with Gasteiger partial charge in [-0.05, 0) is 17.2 Å².